The molecule has 0 aromatic carbocycles. The van der Waals surface area contributed by atoms with Gasteiger partial charge in [0.25, 0.3) is 0 Å². The molecule has 0 saturated carbocycles. The molecule has 1 fully saturated rings. The molecule has 2 heteroatoms. The van der Waals surface area contributed by atoms with E-state index in [4.69, 9.17) is 0 Å². The molecule has 5 atom stereocenters. The minimum atomic E-state index is -0.181. The van der Waals surface area contributed by atoms with Crippen LogP contribution < -0.4 is 0 Å². The first-order valence-electron chi connectivity index (χ1n) is 6.35. The molecule has 0 aliphatic carbocycles. The Morgan fingerprint density at radius 2 is 1.87 bits per heavy atom. The van der Waals surface area contributed by atoms with Crippen LogP contribution >= 0.6 is 0 Å². The molecule has 15 heavy (non-hydrogen) atoms. The molecule has 90 valence electrons. The van der Waals surface area contributed by atoms with Gasteiger partial charge in [-0.1, -0.05) is 13.8 Å². The number of aliphatic hydroxyl groups is 1. The lowest BCUT2D eigenvalue weighted by Gasteiger charge is -2.44. The van der Waals surface area contributed by atoms with Gasteiger partial charge in [-0.25, -0.2) is 0 Å². The Morgan fingerprint density at radius 3 is 2.40 bits per heavy atom. The Morgan fingerprint density at radius 1 is 1.27 bits per heavy atom. The average Bonchev–Trinajstić information content (AvgIpc) is 2.09. The number of nitrogens with zero attached hydrogens (tertiary/aromatic N) is 1. The van der Waals surface area contributed by atoms with Crippen molar-refractivity contribution in [3.63, 3.8) is 0 Å². The second-order valence-corrected chi connectivity index (χ2v) is 5.69. The Labute approximate surface area is 94.7 Å². The van der Waals surface area contributed by atoms with Gasteiger partial charge in [-0.2, -0.15) is 0 Å². The minimum Gasteiger partial charge on any atom is -0.393 e. The van der Waals surface area contributed by atoms with Crippen LogP contribution in [0.5, 0.6) is 0 Å². The van der Waals surface area contributed by atoms with Crippen LogP contribution in [0.25, 0.3) is 0 Å². The van der Waals surface area contributed by atoms with Crippen molar-refractivity contribution in [2.24, 2.45) is 11.8 Å². The molecule has 0 aromatic rings. The summed E-state index contributed by atoms with van der Waals surface area (Å²) in [4.78, 5) is 2.57. The number of hydrogen-bond donors (Lipinski definition) is 1. The van der Waals surface area contributed by atoms with E-state index < -0.39 is 0 Å². The van der Waals surface area contributed by atoms with E-state index in [1.165, 1.54) is 13.0 Å². The molecule has 1 heterocycles. The summed E-state index contributed by atoms with van der Waals surface area (Å²) < 4.78 is 0. The Balaban J connectivity index is 2.57. The zero-order chi connectivity index (χ0) is 11.6. The van der Waals surface area contributed by atoms with Gasteiger partial charge < -0.3 is 5.11 Å². The van der Waals surface area contributed by atoms with Crippen LogP contribution in [0.15, 0.2) is 0 Å². The van der Waals surface area contributed by atoms with Crippen LogP contribution in [-0.4, -0.2) is 34.7 Å². The van der Waals surface area contributed by atoms with Crippen LogP contribution in [0.1, 0.15) is 47.5 Å². The van der Waals surface area contributed by atoms with Gasteiger partial charge in [0.05, 0.1) is 6.10 Å². The predicted octanol–water partition coefficient (Wildman–Crippen LogP) is 2.51. The summed E-state index contributed by atoms with van der Waals surface area (Å²) in [6.45, 7) is 12.3. The highest BCUT2D eigenvalue weighted by atomic mass is 16.3. The molecule has 1 saturated heterocycles. The van der Waals surface area contributed by atoms with Gasteiger partial charge in [0.2, 0.25) is 0 Å². The molecule has 0 radical (unpaired) electrons. The van der Waals surface area contributed by atoms with E-state index in [0.29, 0.717) is 12.1 Å². The lowest BCUT2D eigenvalue weighted by Crippen LogP contribution is -2.50. The minimum absolute atomic E-state index is 0.181. The fraction of sp³-hybridized carbons (Fsp3) is 1.00. The summed E-state index contributed by atoms with van der Waals surface area (Å²) in [5.41, 5.74) is 0. The second kappa shape index (κ2) is 5.31. The standard InChI is InChI=1S/C13H27NO/c1-9-6-10(2)13(5)14(8-9)11(3)7-12(4)15/h9-13,15H,6-8H2,1-5H3. The van der Waals surface area contributed by atoms with Crippen LogP contribution in [0.4, 0.5) is 0 Å². The smallest absolute Gasteiger partial charge is 0.0526 e. The van der Waals surface area contributed by atoms with Gasteiger partial charge in [0.15, 0.2) is 0 Å². The molecule has 0 bridgehead atoms. The highest BCUT2D eigenvalue weighted by Crippen LogP contribution is 2.29. The number of hydrogen-bond acceptors (Lipinski definition) is 2. The summed E-state index contributed by atoms with van der Waals surface area (Å²) in [7, 11) is 0. The van der Waals surface area contributed by atoms with E-state index in [0.717, 1.165) is 18.3 Å². The Kier molecular flexibility index (Phi) is 4.60. The molecule has 1 aliphatic rings. The third kappa shape index (κ3) is 3.46. The Hall–Kier alpha value is -0.0800. The highest BCUT2D eigenvalue weighted by molar-refractivity contribution is 4.85. The molecule has 1 N–H and O–H groups in total. The topological polar surface area (TPSA) is 23.5 Å². The van der Waals surface area contributed by atoms with Crippen molar-refractivity contribution in [2.45, 2.75) is 65.6 Å². The van der Waals surface area contributed by atoms with Crippen molar-refractivity contribution in [3.05, 3.63) is 0 Å². The monoisotopic (exact) mass is 213 g/mol. The normalized spacial score (nSPS) is 37.6. The average molecular weight is 213 g/mol. The lowest BCUT2D eigenvalue weighted by molar-refractivity contribution is 0.0264. The summed E-state index contributed by atoms with van der Waals surface area (Å²) in [5.74, 6) is 1.58. The third-order valence-electron chi connectivity index (χ3n) is 3.89. The summed E-state index contributed by atoms with van der Waals surface area (Å²) >= 11 is 0. The first kappa shape index (κ1) is 13.0. The molecule has 0 amide bonds. The summed E-state index contributed by atoms with van der Waals surface area (Å²) in [6.07, 6.45) is 2.06. The van der Waals surface area contributed by atoms with Gasteiger partial charge in [-0.3, -0.25) is 4.90 Å². The van der Waals surface area contributed by atoms with Crippen molar-refractivity contribution in [1.82, 2.24) is 4.90 Å². The third-order valence-corrected chi connectivity index (χ3v) is 3.89. The maximum absolute atomic E-state index is 9.44. The highest BCUT2D eigenvalue weighted by Gasteiger charge is 2.31. The van der Waals surface area contributed by atoms with E-state index in [9.17, 15) is 5.11 Å². The van der Waals surface area contributed by atoms with Crippen molar-refractivity contribution in [2.75, 3.05) is 6.54 Å². The van der Waals surface area contributed by atoms with Gasteiger partial charge in [-0.05, 0) is 45.4 Å². The predicted molar refractivity (Wildman–Crippen MR) is 64.9 cm³/mol. The lowest BCUT2D eigenvalue weighted by atomic mass is 9.84. The van der Waals surface area contributed by atoms with Crippen molar-refractivity contribution in [1.29, 1.82) is 0 Å². The van der Waals surface area contributed by atoms with Crippen molar-refractivity contribution < 1.29 is 5.11 Å². The fourth-order valence-corrected chi connectivity index (χ4v) is 2.97. The van der Waals surface area contributed by atoms with E-state index in [2.05, 4.69) is 32.6 Å². The zero-order valence-electron chi connectivity index (χ0n) is 10.9. The van der Waals surface area contributed by atoms with Gasteiger partial charge >= 0.3 is 0 Å². The fourth-order valence-electron chi connectivity index (χ4n) is 2.97. The van der Waals surface area contributed by atoms with Crippen LogP contribution in [0, 0.1) is 11.8 Å². The molecule has 1 aliphatic heterocycles. The van der Waals surface area contributed by atoms with Crippen LogP contribution in [-0.2, 0) is 0 Å². The van der Waals surface area contributed by atoms with Crippen LogP contribution in [0.2, 0.25) is 0 Å². The zero-order valence-corrected chi connectivity index (χ0v) is 10.9. The number of rotatable bonds is 3. The molecular formula is C13H27NO. The molecule has 1 rings (SSSR count). The maximum atomic E-state index is 9.44. The quantitative estimate of drug-likeness (QED) is 0.778. The van der Waals surface area contributed by atoms with Gasteiger partial charge in [-0.15, -0.1) is 0 Å². The largest absolute Gasteiger partial charge is 0.393 e. The number of piperidine rings is 1. The van der Waals surface area contributed by atoms with E-state index in [1.54, 1.807) is 0 Å². The molecule has 0 spiro atoms. The van der Waals surface area contributed by atoms with Gasteiger partial charge in [0, 0.05) is 18.6 Å². The van der Waals surface area contributed by atoms with Crippen LogP contribution in [0.3, 0.4) is 0 Å². The van der Waals surface area contributed by atoms with Gasteiger partial charge in [0.1, 0.15) is 0 Å². The van der Waals surface area contributed by atoms with Crippen molar-refractivity contribution >= 4 is 0 Å². The maximum Gasteiger partial charge on any atom is 0.0526 e. The first-order chi connectivity index (χ1) is 6.91. The summed E-state index contributed by atoms with van der Waals surface area (Å²) in [5, 5.41) is 9.44. The van der Waals surface area contributed by atoms with E-state index >= 15 is 0 Å². The van der Waals surface area contributed by atoms with E-state index in [1.807, 2.05) is 6.92 Å². The second-order valence-electron chi connectivity index (χ2n) is 5.69. The molecule has 0 aromatic heterocycles. The molecule has 5 unspecified atom stereocenters. The number of likely N-dealkylation sites (tertiary alicyclic amines) is 1. The molecular weight excluding hydrogens is 186 g/mol. The first-order valence-corrected chi connectivity index (χ1v) is 6.35. The summed E-state index contributed by atoms with van der Waals surface area (Å²) in [6, 6.07) is 1.17. The van der Waals surface area contributed by atoms with Crippen molar-refractivity contribution in [3.8, 4) is 0 Å². The Bertz CT molecular complexity index is 193. The van der Waals surface area contributed by atoms with E-state index in [-0.39, 0.29) is 6.10 Å². The molecule has 2 nitrogen and oxygen atoms in total. The number of aliphatic hydroxyl groups excluding tert-OH is 1. The SMILES string of the molecule is CC(O)CC(C)N1CC(C)CC(C)C1C.